The summed E-state index contributed by atoms with van der Waals surface area (Å²) in [6.07, 6.45) is 3.90. The fourth-order valence-corrected chi connectivity index (χ4v) is 6.56. The molecule has 3 heterocycles. The molecule has 0 atom stereocenters. The van der Waals surface area contributed by atoms with Gasteiger partial charge in [-0.25, -0.2) is 13.4 Å². The van der Waals surface area contributed by atoms with Crippen molar-refractivity contribution >= 4 is 32.8 Å². The molecule has 1 saturated carbocycles. The third kappa shape index (κ3) is 4.05. The minimum Gasteiger partial charge on any atom is -0.440 e. The SMILES string of the molecule is CC(=O)c1ccc(N2CCN(S(=O)(=O)c3ccc(-c4cnc(C5CC5)o4)s3)CC2)cc1. The van der Waals surface area contributed by atoms with Gasteiger partial charge in [0.05, 0.1) is 11.1 Å². The van der Waals surface area contributed by atoms with E-state index in [-0.39, 0.29) is 5.78 Å². The summed E-state index contributed by atoms with van der Waals surface area (Å²) in [6.45, 7) is 3.58. The van der Waals surface area contributed by atoms with E-state index < -0.39 is 10.0 Å². The van der Waals surface area contributed by atoms with Gasteiger partial charge in [0.1, 0.15) is 4.21 Å². The number of hydrogen-bond acceptors (Lipinski definition) is 7. The van der Waals surface area contributed by atoms with E-state index in [4.69, 9.17) is 4.42 Å². The number of carbonyl (C=O) groups excluding carboxylic acids is 1. The first-order chi connectivity index (χ1) is 14.9. The Labute approximate surface area is 185 Å². The van der Waals surface area contributed by atoms with Gasteiger partial charge in [-0.1, -0.05) is 0 Å². The zero-order valence-electron chi connectivity index (χ0n) is 17.2. The number of nitrogens with zero attached hydrogens (tertiary/aromatic N) is 3. The Morgan fingerprint density at radius 1 is 1.06 bits per heavy atom. The maximum Gasteiger partial charge on any atom is 0.252 e. The van der Waals surface area contributed by atoms with E-state index in [1.165, 1.54) is 11.3 Å². The van der Waals surface area contributed by atoms with Gasteiger partial charge in [-0.3, -0.25) is 4.79 Å². The van der Waals surface area contributed by atoms with E-state index >= 15 is 0 Å². The van der Waals surface area contributed by atoms with Crippen LogP contribution in [0.25, 0.3) is 10.6 Å². The second-order valence-corrected chi connectivity index (χ2v) is 11.2. The van der Waals surface area contributed by atoms with Crippen molar-refractivity contribution in [1.82, 2.24) is 9.29 Å². The molecule has 0 bridgehead atoms. The van der Waals surface area contributed by atoms with Crippen LogP contribution in [0.5, 0.6) is 0 Å². The van der Waals surface area contributed by atoms with Crippen LogP contribution in [0.15, 0.2) is 51.2 Å². The average Bonchev–Trinajstić information content (AvgIpc) is 3.29. The fraction of sp³-hybridized carbons (Fsp3) is 0.364. The van der Waals surface area contributed by atoms with E-state index in [2.05, 4.69) is 9.88 Å². The molecule has 9 heteroatoms. The molecular formula is C22H23N3O4S2. The number of ketones is 1. The van der Waals surface area contributed by atoms with Crippen molar-refractivity contribution in [2.75, 3.05) is 31.1 Å². The van der Waals surface area contributed by atoms with Gasteiger partial charge in [0.15, 0.2) is 17.4 Å². The van der Waals surface area contributed by atoms with E-state index in [0.29, 0.717) is 47.6 Å². The normalized spacial score (nSPS) is 17.8. The van der Waals surface area contributed by atoms with Crippen LogP contribution < -0.4 is 4.90 Å². The summed E-state index contributed by atoms with van der Waals surface area (Å²) in [5, 5.41) is 0. The van der Waals surface area contributed by atoms with Crippen LogP contribution in [0.2, 0.25) is 0 Å². The number of Topliss-reactive ketones (excluding diaryl/α,β-unsaturated/α-hetero) is 1. The van der Waals surface area contributed by atoms with Gasteiger partial charge >= 0.3 is 0 Å². The standard InChI is InChI=1S/C22H23N3O4S2/c1-15(26)16-4-6-18(7-5-16)24-10-12-25(13-11-24)31(27,28)21-9-8-20(30-21)19-14-23-22(29-19)17-2-3-17/h4-9,14,17H,2-3,10-13H2,1H3. The second-order valence-electron chi connectivity index (χ2n) is 7.95. The number of piperazine rings is 1. The summed E-state index contributed by atoms with van der Waals surface area (Å²) in [4.78, 5) is 18.7. The van der Waals surface area contributed by atoms with Crippen LogP contribution in [0.4, 0.5) is 5.69 Å². The summed E-state index contributed by atoms with van der Waals surface area (Å²) in [5.74, 6) is 1.84. The minimum absolute atomic E-state index is 0.0341. The van der Waals surface area contributed by atoms with E-state index in [1.807, 2.05) is 24.3 Å². The molecular weight excluding hydrogens is 434 g/mol. The van der Waals surface area contributed by atoms with Crippen LogP contribution in [-0.2, 0) is 10.0 Å². The van der Waals surface area contributed by atoms with Crippen LogP contribution in [0.1, 0.15) is 41.9 Å². The number of benzene rings is 1. The highest BCUT2D eigenvalue weighted by Gasteiger charge is 2.31. The summed E-state index contributed by atoms with van der Waals surface area (Å²) in [6, 6.07) is 10.9. The Morgan fingerprint density at radius 2 is 1.77 bits per heavy atom. The lowest BCUT2D eigenvalue weighted by Gasteiger charge is -2.35. The summed E-state index contributed by atoms with van der Waals surface area (Å²) >= 11 is 1.22. The van der Waals surface area contributed by atoms with Gasteiger partial charge in [-0.15, -0.1) is 11.3 Å². The molecule has 5 rings (SSSR count). The number of oxazole rings is 1. The van der Waals surface area contributed by atoms with Crippen LogP contribution in [-0.4, -0.2) is 49.7 Å². The Morgan fingerprint density at radius 3 is 2.42 bits per heavy atom. The number of sulfonamides is 1. The predicted molar refractivity (Wildman–Crippen MR) is 119 cm³/mol. The van der Waals surface area contributed by atoms with Gasteiger partial charge in [-0.05, 0) is 56.2 Å². The van der Waals surface area contributed by atoms with Crippen molar-refractivity contribution in [3.63, 3.8) is 0 Å². The van der Waals surface area contributed by atoms with Crippen LogP contribution >= 0.6 is 11.3 Å². The topological polar surface area (TPSA) is 83.7 Å². The first kappa shape index (κ1) is 20.4. The monoisotopic (exact) mass is 457 g/mol. The first-order valence-electron chi connectivity index (χ1n) is 10.3. The molecule has 1 aromatic carbocycles. The predicted octanol–water partition coefficient (Wildman–Crippen LogP) is 3.99. The molecule has 3 aromatic rings. The summed E-state index contributed by atoms with van der Waals surface area (Å²) in [5.41, 5.74) is 1.67. The van der Waals surface area contributed by atoms with Gasteiger partial charge in [0.25, 0.3) is 10.0 Å². The number of hydrogen-bond donors (Lipinski definition) is 0. The largest absolute Gasteiger partial charge is 0.440 e. The Hall–Kier alpha value is -2.49. The molecule has 0 unspecified atom stereocenters. The highest BCUT2D eigenvalue weighted by Crippen LogP contribution is 2.41. The van der Waals surface area contributed by atoms with Gasteiger partial charge < -0.3 is 9.32 Å². The third-order valence-electron chi connectivity index (χ3n) is 5.75. The van der Waals surface area contributed by atoms with Crippen molar-refractivity contribution in [1.29, 1.82) is 0 Å². The molecule has 2 aromatic heterocycles. The van der Waals surface area contributed by atoms with Crippen molar-refractivity contribution in [3.05, 3.63) is 54.0 Å². The second kappa shape index (κ2) is 7.89. The number of rotatable bonds is 6. The highest BCUT2D eigenvalue weighted by molar-refractivity contribution is 7.91. The molecule has 1 saturated heterocycles. The zero-order chi connectivity index (χ0) is 21.6. The number of carbonyl (C=O) groups is 1. The highest BCUT2D eigenvalue weighted by atomic mass is 32.2. The van der Waals surface area contributed by atoms with Crippen molar-refractivity contribution in [2.45, 2.75) is 29.9 Å². The van der Waals surface area contributed by atoms with Crippen molar-refractivity contribution in [2.24, 2.45) is 0 Å². The molecule has 0 amide bonds. The molecule has 0 N–H and O–H groups in total. The lowest BCUT2D eigenvalue weighted by atomic mass is 10.1. The average molecular weight is 458 g/mol. The molecule has 162 valence electrons. The third-order valence-corrected chi connectivity index (χ3v) is 9.21. The quantitative estimate of drug-likeness (QED) is 0.521. The Balaban J connectivity index is 1.26. The molecule has 1 aliphatic carbocycles. The first-order valence-corrected chi connectivity index (χ1v) is 12.6. The minimum atomic E-state index is -3.55. The smallest absolute Gasteiger partial charge is 0.252 e. The van der Waals surface area contributed by atoms with Crippen molar-refractivity contribution in [3.8, 4) is 10.6 Å². The molecule has 0 radical (unpaired) electrons. The van der Waals surface area contributed by atoms with Gasteiger partial charge in [0.2, 0.25) is 0 Å². The molecule has 2 aliphatic rings. The zero-order valence-corrected chi connectivity index (χ0v) is 18.8. The molecule has 31 heavy (non-hydrogen) atoms. The molecule has 7 nitrogen and oxygen atoms in total. The number of thiophene rings is 1. The van der Waals surface area contributed by atoms with Crippen LogP contribution in [0, 0.1) is 0 Å². The van der Waals surface area contributed by atoms with Crippen molar-refractivity contribution < 1.29 is 17.6 Å². The lowest BCUT2D eigenvalue weighted by Crippen LogP contribution is -2.48. The molecule has 2 fully saturated rings. The molecule has 1 aliphatic heterocycles. The number of aromatic nitrogens is 1. The Kier molecular flexibility index (Phi) is 5.19. The van der Waals surface area contributed by atoms with E-state index in [0.717, 1.165) is 29.3 Å². The van der Waals surface area contributed by atoms with Gasteiger partial charge in [-0.2, -0.15) is 4.31 Å². The Bertz CT molecular complexity index is 1200. The maximum atomic E-state index is 13.2. The molecule has 0 spiro atoms. The van der Waals surface area contributed by atoms with E-state index in [1.54, 1.807) is 29.6 Å². The van der Waals surface area contributed by atoms with Crippen LogP contribution in [0.3, 0.4) is 0 Å². The lowest BCUT2D eigenvalue weighted by molar-refractivity contribution is 0.101. The van der Waals surface area contributed by atoms with E-state index in [9.17, 15) is 13.2 Å². The summed E-state index contributed by atoms with van der Waals surface area (Å²) in [7, 11) is -3.55. The maximum absolute atomic E-state index is 13.2. The van der Waals surface area contributed by atoms with Gasteiger partial charge in [0, 0.05) is 43.3 Å². The summed E-state index contributed by atoms with van der Waals surface area (Å²) < 4.78 is 34.0. The number of anilines is 1. The fourth-order valence-electron chi connectivity index (χ4n) is 3.73.